The van der Waals surface area contributed by atoms with Crippen LogP contribution in [0.2, 0.25) is 0 Å². The van der Waals surface area contributed by atoms with Gasteiger partial charge in [0, 0.05) is 7.05 Å². The van der Waals surface area contributed by atoms with E-state index in [0.29, 0.717) is 31.5 Å². The normalized spacial score (nSPS) is 11.0. The van der Waals surface area contributed by atoms with Crippen molar-refractivity contribution in [2.45, 2.75) is 34.2 Å². The number of halogens is 1. The predicted molar refractivity (Wildman–Crippen MR) is 111 cm³/mol. The Hall–Kier alpha value is -1.77. The van der Waals surface area contributed by atoms with E-state index in [0.717, 1.165) is 28.3 Å². The second kappa shape index (κ2) is 10.3. The van der Waals surface area contributed by atoms with Crippen molar-refractivity contribution < 1.29 is 9.15 Å². The molecule has 0 bridgehead atoms. The summed E-state index contributed by atoms with van der Waals surface area (Å²) in [4.78, 5) is 8.52. The first-order valence-electron chi connectivity index (χ1n) is 8.07. The number of guanidine groups is 1. The van der Waals surface area contributed by atoms with Gasteiger partial charge in [0.05, 0.1) is 18.8 Å². The highest BCUT2D eigenvalue weighted by atomic mass is 127. The molecule has 0 saturated carbocycles. The Morgan fingerprint density at radius 3 is 2.40 bits per heavy atom. The summed E-state index contributed by atoms with van der Waals surface area (Å²) in [6.07, 6.45) is 0. The maximum atomic E-state index is 5.87. The molecular weight excluding hydrogens is 431 g/mol. The molecule has 1 aromatic heterocycles. The fourth-order valence-corrected chi connectivity index (χ4v) is 2.34. The smallest absolute Gasteiger partial charge is 0.214 e. The van der Waals surface area contributed by atoms with Crippen molar-refractivity contribution in [2.24, 2.45) is 4.99 Å². The van der Waals surface area contributed by atoms with E-state index in [9.17, 15) is 0 Å². The van der Waals surface area contributed by atoms with Gasteiger partial charge in [0.25, 0.3) is 0 Å². The molecule has 25 heavy (non-hydrogen) atoms. The summed E-state index contributed by atoms with van der Waals surface area (Å²) >= 11 is 0. The van der Waals surface area contributed by atoms with Gasteiger partial charge in [0.15, 0.2) is 5.96 Å². The Kier molecular flexibility index (Phi) is 8.74. The minimum Gasteiger partial charge on any atom is -0.491 e. The van der Waals surface area contributed by atoms with Gasteiger partial charge in [-0.2, -0.15) is 0 Å². The number of nitrogens with zero attached hydrogens (tertiary/aromatic N) is 2. The highest BCUT2D eigenvalue weighted by Gasteiger charge is 2.07. The lowest BCUT2D eigenvalue weighted by Gasteiger charge is -2.14. The molecule has 2 N–H and O–H groups in total. The second-order valence-electron chi connectivity index (χ2n) is 5.67. The molecule has 0 unspecified atom stereocenters. The fraction of sp³-hybridized carbons (Fsp3) is 0.444. The zero-order valence-corrected chi connectivity index (χ0v) is 17.8. The van der Waals surface area contributed by atoms with Gasteiger partial charge in [-0.05, 0) is 38.8 Å². The third-order valence-corrected chi connectivity index (χ3v) is 3.75. The number of benzene rings is 1. The lowest BCUT2D eigenvalue weighted by molar-refractivity contribution is 0.317. The highest BCUT2D eigenvalue weighted by Crippen LogP contribution is 2.21. The van der Waals surface area contributed by atoms with E-state index < -0.39 is 0 Å². The number of rotatable bonds is 6. The number of para-hydroxylation sites is 1. The molecule has 6 nitrogen and oxygen atoms in total. The van der Waals surface area contributed by atoms with Crippen LogP contribution < -0.4 is 15.4 Å². The zero-order valence-electron chi connectivity index (χ0n) is 15.5. The summed E-state index contributed by atoms with van der Waals surface area (Å²) in [5.74, 6) is 3.14. The van der Waals surface area contributed by atoms with Gasteiger partial charge in [0.1, 0.15) is 18.1 Å². The van der Waals surface area contributed by atoms with Crippen LogP contribution in [0.25, 0.3) is 0 Å². The van der Waals surface area contributed by atoms with E-state index in [1.165, 1.54) is 0 Å². The van der Waals surface area contributed by atoms with Crippen LogP contribution in [0.1, 0.15) is 28.5 Å². The Balaban J connectivity index is 0.00000312. The molecule has 1 heterocycles. The average molecular weight is 458 g/mol. The zero-order chi connectivity index (χ0) is 17.5. The largest absolute Gasteiger partial charge is 0.491 e. The van der Waals surface area contributed by atoms with Crippen LogP contribution in [-0.4, -0.2) is 31.1 Å². The fourth-order valence-electron chi connectivity index (χ4n) is 2.34. The molecular formula is C18H27IN4O2. The minimum absolute atomic E-state index is 0. The Morgan fingerprint density at radius 2 is 1.84 bits per heavy atom. The number of nitrogens with one attached hydrogen (secondary N) is 2. The summed E-state index contributed by atoms with van der Waals surface area (Å²) in [5, 5.41) is 6.39. The van der Waals surface area contributed by atoms with Crippen LogP contribution >= 0.6 is 24.0 Å². The quantitative estimate of drug-likeness (QED) is 0.301. The molecule has 0 spiro atoms. The topological polar surface area (TPSA) is 71.7 Å². The molecule has 0 radical (unpaired) electrons. The second-order valence-corrected chi connectivity index (χ2v) is 5.67. The SMILES string of the molecule is CN=C(NCCOc1c(C)cccc1C)NCc1nc(C)c(C)o1.I. The Morgan fingerprint density at radius 1 is 1.16 bits per heavy atom. The lowest BCUT2D eigenvalue weighted by Crippen LogP contribution is -2.39. The maximum absolute atomic E-state index is 5.87. The van der Waals surface area contributed by atoms with Crippen molar-refractivity contribution in [3.63, 3.8) is 0 Å². The van der Waals surface area contributed by atoms with Crippen LogP contribution in [-0.2, 0) is 6.54 Å². The third kappa shape index (κ3) is 6.22. The Labute approximate surface area is 166 Å². The number of hydrogen-bond acceptors (Lipinski definition) is 4. The van der Waals surface area contributed by atoms with Crippen molar-refractivity contribution in [1.29, 1.82) is 0 Å². The van der Waals surface area contributed by atoms with Crippen LogP contribution in [0, 0.1) is 27.7 Å². The van der Waals surface area contributed by atoms with Gasteiger partial charge in [-0.3, -0.25) is 4.99 Å². The number of ether oxygens (including phenoxy) is 1. The van der Waals surface area contributed by atoms with Crippen LogP contribution in [0.4, 0.5) is 0 Å². The molecule has 0 amide bonds. The van der Waals surface area contributed by atoms with E-state index in [-0.39, 0.29) is 24.0 Å². The van der Waals surface area contributed by atoms with E-state index in [1.54, 1.807) is 7.05 Å². The van der Waals surface area contributed by atoms with Crippen molar-refractivity contribution in [2.75, 3.05) is 20.2 Å². The molecule has 0 aliphatic carbocycles. The van der Waals surface area contributed by atoms with Crippen molar-refractivity contribution in [3.05, 3.63) is 46.7 Å². The van der Waals surface area contributed by atoms with Gasteiger partial charge < -0.3 is 19.8 Å². The van der Waals surface area contributed by atoms with Gasteiger partial charge in [-0.15, -0.1) is 24.0 Å². The number of hydrogen-bond donors (Lipinski definition) is 2. The molecule has 0 atom stereocenters. The first kappa shape index (κ1) is 21.3. The van der Waals surface area contributed by atoms with E-state index in [4.69, 9.17) is 9.15 Å². The lowest BCUT2D eigenvalue weighted by atomic mass is 10.1. The highest BCUT2D eigenvalue weighted by molar-refractivity contribution is 14.0. The van der Waals surface area contributed by atoms with Crippen LogP contribution in [0.15, 0.2) is 27.6 Å². The van der Waals surface area contributed by atoms with Crippen molar-refractivity contribution in [3.8, 4) is 5.75 Å². The number of oxazole rings is 1. The summed E-state index contributed by atoms with van der Waals surface area (Å²) in [7, 11) is 1.73. The molecule has 138 valence electrons. The van der Waals surface area contributed by atoms with Gasteiger partial charge in [-0.1, -0.05) is 18.2 Å². The van der Waals surface area contributed by atoms with Crippen molar-refractivity contribution >= 4 is 29.9 Å². The molecule has 0 saturated heterocycles. The monoisotopic (exact) mass is 458 g/mol. The molecule has 0 fully saturated rings. The van der Waals surface area contributed by atoms with E-state index in [2.05, 4.69) is 46.6 Å². The number of aromatic nitrogens is 1. The molecule has 2 rings (SSSR count). The molecule has 0 aliphatic heterocycles. The van der Waals surface area contributed by atoms with E-state index >= 15 is 0 Å². The summed E-state index contributed by atoms with van der Waals surface area (Å²) in [6, 6.07) is 6.14. The number of aliphatic imine (C=N–C) groups is 1. The molecule has 7 heteroatoms. The first-order chi connectivity index (χ1) is 11.5. The van der Waals surface area contributed by atoms with Crippen molar-refractivity contribution in [1.82, 2.24) is 15.6 Å². The van der Waals surface area contributed by atoms with Gasteiger partial charge in [0.2, 0.25) is 5.89 Å². The van der Waals surface area contributed by atoms with Gasteiger partial charge in [-0.25, -0.2) is 4.98 Å². The average Bonchev–Trinajstić information content (AvgIpc) is 2.87. The summed E-state index contributed by atoms with van der Waals surface area (Å²) in [6.45, 7) is 9.64. The van der Waals surface area contributed by atoms with E-state index in [1.807, 2.05) is 19.9 Å². The summed E-state index contributed by atoms with van der Waals surface area (Å²) < 4.78 is 11.4. The minimum atomic E-state index is 0. The molecule has 1 aromatic carbocycles. The maximum Gasteiger partial charge on any atom is 0.214 e. The molecule has 2 aromatic rings. The van der Waals surface area contributed by atoms with Crippen LogP contribution in [0.3, 0.4) is 0 Å². The number of aryl methyl sites for hydroxylation is 4. The predicted octanol–water partition coefficient (Wildman–Crippen LogP) is 3.27. The van der Waals surface area contributed by atoms with Gasteiger partial charge >= 0.3 is 0 Å². The summed E-state index contributed by atoms with van der Waals surface area (Å²) in [5.41, 5.74) is 3.20. The Bertz CT molecular complexity index is 673. The molecule has 0 aliphatic rings. The standard InChI is InChI=1S/C18H26N4O2.HI/c1-12-7-6-8-13(2)17(12)23-10-9-20-18(19-5)21-11-16-22-14(3)15(4)24-16;/h6-8H,9-11H2,1-5H3,(H2,19,20,21);1H. The first-order valence-corrected chi connectivity index (χ1v) is 8.07. The third-order valence-electron chi connectivity index (χ3n) is 3.75. The van der Waals surface area contributed by atoms with Crippen LogP contribution in [0.5, 0.6) is 5.75 Å².